The van der Waals surface area contributed by atoms with Crippen LogP contribution in [0.15, 0.2) is 24.5 Å². The van der Waals surface area contributed by atoms with Gasteiger partial charge in [0.2, 0.25) is 0 Å². The molecular weight excluding hydrogens is 297 g/mol. The summed E-state index contributed by atoms with van der Waals surface area (Å²) in [4.78, 5) is 0. The maximum Gasteiger partial charge on any atom is 0.420 e. The Morgan fingerprint density at radius 3 is 2.43 bits per heavy atom. The van der Waals surface area contributed by atoms with Gasteiger partial charge in [-0.2, -0.15) is 32.3 Å². The molecule has 0 saturated carbocycles. The van der Waals surface area contributed by atoms with E-state index in [0.717, 1.165) is 18.5 Å². The van der Waals surface area contributed by atoms with Crippen molar-refractivity contribution in [3.8, 4) is 22.9 Å². The first-order chi connectivity index (χ1) is 9.74. The van der Waals surface area contributed by atoms with Gasteiger partial charge in [0.15, 0.2) is 0 Å². The number of nitriles is 1. The van der Waals surface area contributed by atoms with Gasteiger partial charge in [-0.1, -0.05) is 0 Å². The van der Waals surface area contributed by atoms with Crippen LogP contribution in [-0.2, 0) is 6.18 Å². The summed E-state index contributed by atoms with van der Waals surface area (Å²) in [5.74, 6) is -1.14. The molecule has 0 amide bonds. The van der Waals surface area contributed by atoms with Crippen molar-refractivity contribution in [2.24, 2.45) is 0 Å². The Morgan fingerprint density at radius 1 is 1.29 bits per heavy atom. The molecule has 1 aromatic heterocycles. The average molecular weight is 303 g/mol. The number of aromatic nitrogens is 2. The van der Waals surface area contributed by atoms with Crippen LogP contribution in [0, 0.1) is 11.3 Å². The highest BCUT2D eigenvalue weighted by Gasteiger charge is 2.35. The number of alkyl halides is 5. The Bertz CT molecular complexity index is 715. The Labute approximate surface area is 114 Å². The molecule has 0 aliphatic rings. The quantitative estimate of drug-likeness (QED) is 0.863. The second kappa shape index (κ2) is 5.05. The number of benzene rings is 1. The summed E-state index contributed by atoms with van der Waals surface area (Å²) in [5, 5.41) is 21.7. The van der Waals surface area contributed by atoms with E-state index in [0.29, 0.717) is 6.07 Å². The lowest BCUT2D eigenvalue weighted by Gasteiger charge is -2.12. The SMILES string of the molecule is N#Cc1cc(-c2cnn(C(F)F)c2)c(O)c(C(F)(F)F)c1. The minimum atomic E-state index is -4.88. The summed E-state index contributed by atoms with van der Waals surface area (Å²) in [5.41, 5.74) is -2.33. The Hall–Kier alpha value is -2.63. The third-order valence-electron chi connectivity index (χ3n) is 2.66. The molecule has 0 bridgehead atoms. The molecule has 1 aromatic carbocycles. The van der Waals surface area contributed by atoms with E-state index in [-0.39, 0.29) is 15.8 Å². The molecule has 4 nitrogen and oxygen atoms in total. The number of rotatable bonds is 2. The van der Waals surface area contributed by atoms with Crippen molar-refractivity contribution in [1.82, 2.24) is 9.78 Å². The van der Waals surface area contributed by atoms with Crippen LogP contribution >= 0.6 is 0 Å². The molecule has 21 heavy (non-hydrogen) atoms. The van der Waals surface area contributed by atoms with Gasteiger partial charge in [-0.3, -0.25) is 0 Å². The normalized spacial score (nSPS) is 11.7. The first-order valence-electron chi connectivity index (χ1n) is 5.41. The predicted octanol–water partition coefficient (Wildman–Crippen LogP) is 3.54. The smallest absolute Gasteiger partial charge is 0.420 e. The average Bonchev–Trinajstić information content (AvgIpc) is 2.87. The van der Waals surface area contributed by atoms with Crippen LogP contribution in [0.25, 0.3) is 11.1 Å². The molecule has 0 aliphatic carbocycles. The monoisotopic (exact) mass is 303 g/mol. The van der Waals surface area contributed by atoms with Crippen molar-refractivity contribution in [3.63, 3.8) is 0 Å². The van der Waals surface area contributed by atoms with Gasteiger partial charge in [0.1, 0.15) is 5.75 Å². The van der Waals surface area contributed by atoms with Gasteiger partial charge in [0.25, 0.3) is 0 Å². The van der Waals surface area contributed by atoms with Crippen molar-refractivity contribution in [2.75, 3.05) is 0 Å². The van der Waals surface area contributed by atoms with Gasteiger partial charge in [0, 0.05) is 17.3 Å². The molecule has 0 spiro atoms. The van der Waals surface area contributed by atoms with Gasteiger partial charge in [-0.25, -0.2) is 4.68 Å². The maximum absolute atomic E-state index is 12.8. The molecular formula is C12H6F5N3O. The fraction of sp³-hybridized carbons (Fsp3) is 0.167. The van der Waals surface area contributed by atoms with Gasteiger partial charge in [-0.15, -0.1) is 0 Å². The van der Waals surface area contributed by atoms with E-state index in [1.165, 1.54) is 6.07 Å². The highest BCUT2D eigenvalue weighted by Crippen LogP contribution is 2.42. The van der Waals surface area contributed by atoms with E-state index in [4.69, 9.17) is 5.26 Å². The van der Waals surface area contributed by atoms with Gasteiger partial charge in [0.05, 0.1) is 23.4 Å². The number of phenols is 1. The third kappa shape index (κ3) is 2.79. The highest BCUT2D eigenvalue weighted by molar-refractivity contribution is 5.73. The van der Waals surface area contributed by atoms with Crippen molar-refractivity contribution < 1.29 is 27.1 Å². The van der Waals surface area contributed by atoms with Crippen molar-refractivity contribution >= 4 is 0 Å². The number of hydrogen-bond acceptors (Lipinski definition) is 3. The molecule has 0 aliphatic heterocycles. The van der Waals surface area contributed by atoms with E-state index in [1.807, 2.05) is 0 Å². The number of phenolic OH excluding ortho intramolecular Hbond substituents is 1. The Balaban J connectivity index is 2.65. The lowest BCUT2D eigenvalue weighted by Crippen LogP contribution is -2.06. The topological polar surface area (TPSA) is 61.8 Å². The van der Waals surface area contributed by atoms with Crippen molar-refractivity contribution in [1.29, 1.82) is 5.26 Å². The first-order valence-corrected chi connectivity index (χ1v) is 5.41. The van der Waals surface area contributed by atoms with Crippen LogP contribution in [0.1, 0.15) is 17.7 Å². The Morgan fingerprint density at radius 2 is 1.95 bits per heavy atom. The molecule has 1 heterocycles. The fourth-order valence-electron chi connectivity index (χ4n) is 1.72. The minimum absolute atomic E-state index is 0.157. The summed E-state index contributed by atoms with van der Waals surface area (Å²) in [7, 11) is 0. The number of nitrogens with zero attached hydrogens (tertiary/aromatic N) is 3. The standard InChI is InChI=1S/C12H6F5N3O/c13-11(14)20-5-7(4-19-20)8-1-6(3-18)2-9(10(8)21)12(15,16)17/h1-2,4-5,11,21H. The second-order valence-corrected chi connectivity index (χ2v) is 4.02. The maximum atomic E-state index is 12.8. The minimum Gasteiger partial charge on any atom is -0.507 e. The van der Waals surface area contributed by atoms with Crippen molar-refractivity contribution in [2.45, 2.75) is 12.7 Å². The summed E-state index contributed by atoms with van der Waals surface area (Å²) >= 11 is 0. The number of halogens is 5. The molecule has 0 fully saturated rings. The summed E-state index contributed by atoms with van der Waals surface area (Å²) < 4.78 is 63.4. The van der Waals surface area contributed by atoms with E-state index in [2.05, 4.69) is 5.10 Å². The lowest BCUT2D eigenvalue weighted by atomic mass is 10.0. The van der Waals surface area contributed by atoms with Crippen LogP contribution in [0.3, 0.4) is 0 Å². The number of hydrogen-bond donors (Lipinski definition) is 1. The predicted molar refractivity (Wildman–Crippen MR) is 60.3 cm³/mol. The zero-order chi connectivity index (χ0) is 15.8. The molecule has 110 valence electrons. The first kappa shape index (κ1) is 14.8. The van der Waals surface area contributed by atoms with Crippen LogP contribution in [0.5, 0.6) is 5.75 Å². The highest BCUT2D eigenvalue weighted by atomic mass is 19.4. The third-order valence-corrected chi connectivity index (χ3v) is 2.66. The molecule has 0 unspecified atom stereocenters. The fourth-order valence-corrected chi connectivity index (χ4v) is 1.72. The van der Waals surface area contributed by atoms with Crippen LogP contribution in [0.2, 0.25) is 0 Å². The molecule has 0 atom stereocenters. The molecule has 9 heteroatoms. The second-order valence-electron chi connectivity index (χ2n) is 4.02. The van der Waals surface area contributed by atoms with Gasteiger partial charge in [-0.05, 0) is 12.1 Å². The largest absolute Gasteiger partial charge is 0.507 e. The zero-order valence-corrected chi connectivity index (χ0v) is 10.1. The van der Waals surface area contributed by atoms with Crippen molar-refractivity contribution in [3.05, 3.63) is 35.7 Å². The summed E-state index contributed by atoms with van der Waals surface area (Å²) in [6.45, 7) is -2.97. The summed E-state index contributed by atoms with van der Waals surface area (Å²) in [6.07, 6.45) is -3.23. The molecule has 1 N–H and O–H groups in total. The van der Waals surface area contributed by atoms with E-state index in [1.54, 1.807) is 0 Å². The van der Waals surface area contributed by atoms with Gasteiger partial charge < -0.3 is 5.11 Å². The summed E-state index contributed by atoms with van der Waals surface area (Å²) in [6, 6.07) is 2.97. The molecule has 2 rings (SSSR count). The van der Waals surface area contributed by atoms with Crippen LogP contribution in [-0.4, -0.2) is 14.9 Å². The molecule has 2 aromatic rings. The van der Waals surface area contributed by atoms with E-state index in [9.17, 15) is 27.1 Å². The van der Waals surface area contributed by atoms with Gasteiger partial charge >= 0.3 is 12.7 Å². The molecule has 0 radical (unpaired) electrons. The van der Waals surface area contributed by atoms with Crippen LogP contribution < -0.4 is 0 Å². The van der Waals surface area contributed by atoms with Crippen LogP contribution in [0.4, 0.5) is 22.0 Å². The van der Waals surface area contributed by atoms with E-state index < -0.39 is 29.6 Å². The lowest BCUT2D eigenvalue weighted by molar-refractivity contribution is -0.138. The Kier molecular flexibility index (Phi) is 3.55. The number of aromatic hydroxyl groups is 1. The molecule has 0 saturated heterocycles. The zero-order valence-electron chi connectivity index (χ0n) is 10.1. The van der Waals surface area contributed by atoms with E-state index >= 15 is 0 Å².